The molecule has 0 atom stereocenters. The summed E-state index contributed by atoms with van der Waals surface area (Å²) in [5.41, 5.74) is 1.73. The summed E-state index contributed by atoms with van der Waals surface area (Å²) >= 11 is 0. The average Bonchev–Trinajstić information content (AvgIpc) is 2.53. The molecule has 1 aromatic rings. The van der Waals surface area contributed by atoms with Crippen molar-refractivity contribution in [1.29, 1.82) is 0 Å². The maximum absolute atomic E-state index is 11.6. The van der Waals surface area contributed by atoms with Crippen LogP contribution in [-0.2, 0) is 6.54 Å². The van der Waals surface area contributed by atoms with Crippen LogP contribution in [0.1, 0.15) is 22.8 Å². The average molecular weight is 220 g/mol. The van der Waals surface area contributed by atoms with Gasteiger partial charge in [-0.3, -0.25) is 4.79 Å². The standard InChI is InChI=1S/C12H16N2O2/c1-2-14-12(15)9-3-4-11-10(7-9)8-13-5-6-16-11/h3-4,7,13H,2,5-6,8H2,1H3,(H,14,15). The number of amides is 1. The summed E-state index contributed by atoms with van der Waals surface area (Å²) in [6, 6.07) is 5.56. The van der Waals surface area contributed by atoms with Gasteiger partial charge >= 0.3 is 0 Å². The maximum atomic E-state index is 11.6. The van der Waals surface area contributed by atoms with E-state index in [0.29, 0.717) is 18.7 Å². The van der Waals surface area contributed by atoms with E-state index < -0.39 is 0 Å². The number of ether oxygens (including phenoxy) is 1. The van der Waals surface area contributed by atoms with Gasteiger partial charge in [0.2, 0.25) is 0 Å². The van der Waals surface area contributed by atoms with Crippen molar-refractivity contribution in [1.82, 2.24) is 10.6 Å². The summed E-state index contributed by atoms with van der Waals surface area (Å²) in [5, 5.41) is 6.03. The van der Waals surface area contributed by atoms with E-state index in [4.69, 9.17) is 4.74 Å². The second kappa shape index (κ2) is 4.99. The monoisotopic (exact) mass is 220 g/mol. The van der Waals surface area contributed by atoms with Gasteiger partial charge in [-0.1, -0.05) is 0 Å². The summed E-state index contributed by atoms with van der Waals surface area (Å²) < 4.78 is 5.55. The first-order chi connectivity index (χ1) is 7.81. The Morgan fingerprint density at radius 2 is 2.44 bits per heavy atom. The number of hydrogen-bond donors (Lipinski definition) is 2. The first-order valence-corrected chi connectivity index (χ1v) is 5.56. The SMILES string of the molecule is CCNC(=O)c1ccc2c(c1)CNCCO2. The van der Waals surface area contributed by atoms with E-state index in [0.717, 1.165) is 24.4 Å². The predicted octanol–water partition coefficient (Wildman–Crippen LogP) is 0.918. The van der Waals surface area contributed by atoms with Crippen molar-refractivity contribution >= 4 is 5.91 Å². The van der Waals surface area contributed by atoms with Crippen LogP contribution in [0.15, 0.2) is 18.2 Å². The van der Waals surface area contributed by atoms with Crippen LogP contribution in [0.3, 0.4) is 0 Å². The van der Waals surface area contributed by atoms with Gasteiger partial charge in [0.05, 0.1) is 0 Å². The predicted molar refractivity (Wildman–Crippen MR) is 61.7 cm³/mol. The summed E-state index contributed by atoms with van der Waals surface area (Å²) in [6.45, 7) is 4.82. The highest BCUT2D eigenvalue weighted by Crippen LogP contribution is 2.21. The van der Waals surface area contributed by atoms with Crippen LogP contribution in [0, 0.1) is 0 Å². The van der Waals surface area contributed by atoms with Crippen LogP contribution < -0.4 is 15.4 Å². The molecule has 0 aliphatic carbocycles. The molecule has 0 saturated heterocycles. The molecule has 0 unspecified atom stereocenters. The Labute approximate surface area is 95.0 Å². The molecule has 4 heteroatoms. The van der Waals surface area contributed by atoms with Crippen LogP contribution in [0.2, 0.25) is 0 Å². The fourth-order valence-electron chi connectivity index (χ4n) is 1.72. The van der Waals surface area contributed by atoms with Crippen molar-refractivity contribution in [2.45, 2.75) is 13.5 Å². The molecule has 0 bridgehead atoms. The van der Waals surface area contributed by atoms with E-state index >= 15 is 0 Å². The van der Waals surface area contributed by atoms with Crippen molar-refractivity contribution in [3.05, 3.63) is 29.3 Å². The van der Waals surface area contributed by atoms with Gasteiger partial charge in [-0.2, -0.15) is 0 Å². The minimum atomic E-state index is -0.0328. The second-order valence-electron chi connectivity index (χ2n) is 3.71. The van der Waals surface area contributed by atoms with Gasteiger partial charge in [0.15, 0.2) is 0 Å². The molecule has 2 rings (SSSR count). The Morgan fingerprint density at radius 1 is 1.56 bits per heavy atom. The van der Waals surface area contributed by atoms with Crippen LogP contribution in [0.4, 0.5) is 0 Å². The Bertz CT molecular complexity index is 391. The second-order valence-corrected chi connectivity index (χ2v) is 3.71. The number of carbonyl (C=O) groups is 1. The van der Waals surface area contributed by atoms with E-state index in [1.54, 1.807) is 6.07 Å². The van der Waals surface area contributed by atoms with E-state index in [-0.39, 0.29) is 5.91 Å². The van der Waals surface area contributed by atoms with Crippen molar-refractivity contribution in [2.75, 3.05) is 19.7 Å². The molecule has 0 saturated carbocycles. The third-order valence-electron chi connectivity index (χ3n) is 2.51. The third kappa shape index (κ3) is 2.33. The smallest absolute Gasteiger partial charge is 0.251 e. The van der Waals surface area contributed by atoms with E-state index in [9.17, 15) is 4.79 Å². The lowest BCUT2D eigenvalue weighted by molar-refractivity contribution is 0.0955. The summed E-state index contributed by atoms with van der Waals surface area (Å²) in [6.07, 6.45) is 0. The number of hydrogen-bond acceptors (Lipinski definition) is 3. The number of carbonyl (C=O) groups excluding carboxylic acids is 1. The largest absolute Gasteiger partial charge is 0.492 e. The van der Waals surface area contributed by atoms with E-state index in [1.807, 2.05) is 19.1 Å². The quantitative estimate of drug-likeness (QED) is 0.779. The normalized spacial score (nSPS) is 14.6. The molecule has 1 aromatic carbocycles. The van der Waals surface area contributed by atoms with Crippen molar-refractivity contribution in [3.8, 4) is 5.75 Å². The molecule has 1 aliphatic heterocycles. The number of nitrogens with one attached hydrogen (secondary N) is 2. The Hall–Kier alpha value is -1.55. The van der Waals surface area contributed by atoms with Crippen LogP contribution in [0.5, 0.6) is 5.75 Å². The zero-order valence-electron chi connectivity index (χ0n) is 9.38. The summed E-state index contributed by atoms with van der Waals surface area (Å²) in [5.74, 6) is 0.840. The maximum Gasteiger partial charge on any atom is 0.251 e. The van der Waals surface area contributed by atoms with Gasteiger partial charge in [0.1, 0.15) is 12.4 Å². The molecule has 1 heterocycles. The highest BCUT2D eigenvalue weighted by molar-refractivity contribution is 5.94. The minimum Gasteiger partial charge on any atom is -0.492 e. The van der Waals surface area contributed by atoms with Gasteiger partial charge in [0, 0.05) is 30.8 Å². The van der Waals surface area contributed by atoms with Gasteiger partial charge in [0.25, 0.3) is 5.91 Å². The molecule has 1 aliphatic rings. The lowest BCUT2D eigenvalue weighted by atomic mass is 10.1. The zero-order valence-corrected chi connectivity index (χ0v) is 9.38. The number of benzene rings is 1. The molecule has 0 aromatic heterocycles. The summed E-state index contributed by atoms with van der Waals surface area (Å²) in [4.78, 5) is 11.6. The van der Waals surface area contributed by atoms with Crippen LogP contribution in [-0.4, -0.2) is 25.6 Å². The number of fused-ring (bicyclic) bond motifs is 1. The fraction of sp³-hybridized carbons (Fsp3) is 0.417. The first kappa shape index (κ1) is 11.0. The lowest BCUT2D eigenvalue weighted by Crippen LogP contribution is -2.22. The number of rotatable bonds is 2. The highest BCUT2D eigenvalue weighted by Gasteiger charge is 2.11. The van der Waals surface area contributed by atoms with Crippen LogP contribution >= 0.6 is 0 Å². The van der Waals surface area contributed by atoms with Crippen molar-refractivity contribution in [2.24, 2.45) is 0 Å². The Kier molecular flexibility index (Phi) is 3.41. The third-order valence-corrected chi connectivity index (χ3v) is 2.51. The first-order valence-electron chi connectivity index (χ1n) is 5.56. The topological polar surface area (TPSA) is 50.4 Å². The molecule has 2 N–H and O–H groups in total. The molecule has 0 fully saturated rings. The molecule has 86 valence electrons. The minimum absolute atomic E-state index is 0.0328. The molecule has 0 spiro atoms. The van der Waals surface area contributed by atoms with Gasteiger partial charge in [-0.25, -0.2) is 0 Å². The van der Waals surface area contributed by atoms with Crippen molar-refractivity contribution in [3.63, 3.8) is 0 Å². The van der Waals surface area contributed by atoms with Crippen molar-refractivity contribution < 1.29 is 9.53 Å². The summed E-state index contributed by atoms with van der Waals surface area (Å²) in [7, 11) is 0. The lowest BCUT2D eigenvalue weighted by Gasteiger charge is -2.08. The Morgan fingerprint density at radius 3 is 3.25 bits per heavy atom. The van der Waals surface area contributed by atoms with Gasteiger partial charge in [-0.05, 0) is 25.1 Å². The fourth-order valence-corrected chi connectivity index (χ4v) is 1.72. The molecule has 4 nitrogen and oxygen atoms in total. The highest BCUT2D eigenvalue weighted by atomic mass is 16.5. The van der Waals surface area contributed by atoms with Crippen LogP contribution in [0.25, 0.3) is 0 Å². The van der Waals surface area contributed by atoms with Gasteiger partial charge < -0.3 is 15.4 Å². The molecule has 16 heavy (non-hydrogen) atoms. The Balaban J connectivity index is 2.23. The molecule has 0 radical (unpaired) electrons. The molecular weight excluding hydrogens is 204 g/mol. The molecular formula is C12H16N2O2. The molecule has 1 amide bonds. The van der Waals surface area contributed by atoms with E-state index in [1.165, 1.54) is 0 Å². The zero-order chi connectivity index (χ0) is 11.4. The van der Waals surface area contributed by atoms with Gasteiger partial charge in [-0.15, -0.1) is 0 Å². The van der Waals surface area contributed by atoms with E-state index in [2.05, 4.69) is 10.6 Å².